The van der Waals surface area contributed by atoms with Gasteiger partial charge in [-0.2, -0.15) is 8.78 Å². The topological polar surface area (TPSA) is 12.0 Å². The highest BCUT2D eigenvalue weighted by atomic mass is 19.3. The second kappa shape index (κ2) is 4.05. The molecule has 0 spiro atoms. The third-order valence-corrected chi connectivity index (χ3v) is 2.48. The lowest BCUT2D eigenvalue weighted by Crippen LogP contribution is -2.32. The first-order chi connectivity index (χ1) is 7.47. The molecule has 1 aromatic rings. The third kappa shape index (κ3) is 2.72. The lowest BCUT2D eigenvalue weighted by atomic mass is 10.1. The van der Waals surface area contributed by atoms with Gasteiger partial charge < -0.3 is 5.32 Å². The van der Waals surface area contributed by atoms with Gasteiger partial charge in [0.2, 0.25) is 0 Å². The number of hydrogen-bond acceptors (Lipinski definition) is 1. The van der Waals surface area contributed by atoms with Gasteiger partial charge in [0.25, 0.3) is 5.92 Å². The predicted molar refractivity (Wildman–Crippen MR) is 51.3 cm³/mol. The molecule has 0 heterocycles. The molecule has 1 fully saturated rings. The van der Waals surface area contributed by atoms with Crippen molar-refractivity contribution in [1.29, 1.82) is 0 Å². The van der Waals surface area contributed by atoms with E-state index < -0.39 is 29.7 Å². The van der Waals surface area contributed by atoms with Crippen molar-refractivity contribution in [2.45, 2.75) is 24.8 Å². The first-order valence-corrected chi connectivity index (χ1v) is 5.05. The van der Waals surface area contributed by atoms with E-state index in [4.69, 9.17) is 0 Å². The molecule has 0 amide bonds. The van der Waals surface area contributed by atoms with Crippen molar-refractivity contribution in [3.63, 3.8) is 0 Å². The summed E-state index contributed by atoms with van der Waals surface area (Å²) in [4.78, 5) is 0. The van der Waals surface area contributed by atoms with Crippen molar-refractivity contribution in [3.8, 4) is 0 Å². The number of hydrogen-bond donors (Lipinski definition) is 1. The van der Waals surface area contributed by atoms with Gasteiger partial charge in [-0.3, -0.25) is 0 Å². The fraction of sp³-hybridized carbons (Fsp3) is 0.455. The van der Waals surface area contributed by atoms with Crippen LogP contribution < -0.4 is 5.32 Å². The number of halogens is 4. The Bertz CT molecular complexity index is 367. The minimum Gasteiger partial charge on any atom is -0.308 e. The van der Waals surface area contributed by atoms with E-state index in [-0.39, 0.29) is 6.04 Å². The van der Waals surface area contributed by atoms with E-state index in [1.807, 2.05) is 0 Å². The second-order valence-electron chi connectivity index (χ2n) is 4.02. The Labute approximate surface area is 90.5 Å². The zero-order valence-corrected chi connectivity index (χ0v) is 8.44. The van der Waals surface area contributed by atoms with Crippen LogP contribution >= 0.6 is 0 Å². The lowest BCUT2D eigenvalue weighted by Gasteiger charge is -2.17. The number of alkyl halides is 2. The van der Waals surface area contributed by atoms with E-state index in [2.05, 4.69) is 5.32 Å². The molecule has 0 saturated heterocycles. The number of benzene rings is 1. The summed E-state index contributed by atoms with van der Waals surface area (Å²) in [7, 11) is 0. The fourth-order valence-electron chi connectivity index (χ4n) is 1.43. The van der Waals surface area contributed by atoms with Gasteiger partial charge in [-0.25, -0.2) is 8.78 Å². The summed E-state index contributed by atoms with van der Waals surface area (Å²) in [6, 6.07) is 2.03. The highest BCUT2D eigenvalue weighted by molar-refractivity contribution is 5.22. The van der Waals surface area contributed by atoms with E-state index in [1.165, 1.54) is 0 Å². The van der Waals surface area contributed by atoms with Crippen LogP contribution in [0.3, 0.4) is 0 Å². The SMILES string of the molecule is Fc1cc(F)cc(C(F)(F)CNC2CC2)c1. The Morgan fingerprint density at radius 2 is 1.69 bits per heavy atom. The second-order valence-corrected chi connectivity index (χ2v) is 4.02. The summed E-state index contributed by atoms with van der Waals surface area (Å²) in [6.45, 7) is -0.583. The van der Waals surface area contributed by atoms with Crippen molar-refractivity contribution in [2.24, 2.45) is 0 Å². The van der Waals surface area contributed by atoms with Crippen LogP contribution in [0.15, 0.2) is 18.2 Å². The highest BCUT2D eigenvalue weighted by Gasteiger charge is 2.34. The Balaban J connectivity index is 2.12. The summed E-state index contributed by atoms with van der Waals surface area (Å²) in [5.74, 6) is -5.21. The van der Waals surface area contributed by atoms with E-state index in [0.717, 1.165) is 12.8 Å². The normalized spacial score (nSPS) is 16.5. The van der Waals surface area contributed by atoms with Crippen molar-refractivity contribution in [1.82, 2.24) is 5.32 Å². The standard InChI is InChI=1S/C11H11F4N/c12-8-3-7(4-9(13)5-8)11(14,15)6-16-10-1-2-10/h3-5,10,16H,1-2,6H2. The molecule has 88 valence electrons. The Kier molecular flexibility index (Phi) is 2.88. The fourth-order valence-corrected chi connectivity index (χ4v) is 1.43. The van der Waals surface area contributed by atoms with Gasteiger partial charge in [-0.15, -0.1) is 0 Å². The van der Waals surface area contributed by atoms with Gasteiger partial charge in [0.1, 0.15) is 11.6 Å². The highest BCUT2D eigenvalue weighted by Crippen LogP contribution is 2.30. The summed E-state index contributed by atoms with van der Waals surface area (Å²) in [6.07, 6.45) is 1.77. The molecule has 0 unspecified atom stereocenters. The van der Waals surface area contributed by atoms with Crippen LogP contribution in [0.1, 0.15) is 18.4 Å². The molecule has 2 rings (SSSR count). The quantitative estimate of drug-likeness (QED) is 0.788. The molecule has 1 saturated carbocycles. The summed E-state index contributed by atoms with van der Waals surface area (Å²) >= 11 is 0. The van der Waals surface area contributed by atoms with E-state index in [9.17, 15) is 17.6 Å². The molecule has 1 aromatic carbocycles. The average Bonchev–Trinajstić information content (AvgIpc) is 2.96. The van der Waals surface area contributed by atoms with Crippen molar-refractivity contribution in [2.75, 3.05) is 6.54 Å². The molecule has 1 N–H and O–H groups in total. The van der Waals surface area contributed by atoms with Crippen molar-refractivity contribution < 1.29 is 17.6 Å². The van der Waals surface area contributed by atoms with Gasteiger partial charge >= 0.3 is 0 Å². The maximum absolute atomic E-state index is 13.5. The van der Waals surface area contributed by atoms with Gasteiger partial charge in [-0.1, -0.05) is 0 Å². The number of rotatable bonds is 4. The van der Waals surface area contributed by atoms with Crippen LogP contribution in [0.2, 0.25) is 0 Å². The Hall–Kier alpha value is -1.10. The largest absolute Gasteiger partial charge is 0.308 e. The molecule has 0 radical (unpaired) electrons. The van der Waals surface area contributed by atoms with Crippen molar-refractivity contribution >= 4 is 0 Å². The van der Waals surface area contributed by atoms with Gasteiger partial charge in [0.15, 0.2) is 0 Å². The van der Waals surface area contributed by atoms with Crippen molar-refractivity contribution in [3.05, 3.63) is 35.4 Å². The maximum atomic E-state index is 13.5. The Morgan fingerprint density at radius 3 is 2.19 bits per heavy atom. The molecular formula is C11H11F4N. The summed E-state index contributed by atoms with van der Waals surface area (Å²) < 4.78 is 52.6. The Morgan fingerprint density at radius 1 is 1.12 bits per heavy atom. The van der Waals surface area contributed by atoms with Crippen LogP contribution in [0.4, 0.5) is 17.6 Å². The van der Waals surface area contributed by atoms with Crippen LogP contribution in [0, 0.1) is 11.6 Å². The summed E-state index contributed by atoms with van der Waals surface area (Å²) in [5.41, 5.74) is -0.627. The van der Waals surface area contributed by atoms with Gasteiger partial charge in [-0.05, 0) is 25.0 Å². The molecule has 0 bridgehead atoms. The third-order valence-electron chi connectivity index (χ3n) is 2.48. The first kappa shape index (κ1) is 11.4. The van der Waals surface area contributed by atoms with Crippen LogP contribution in [0.25, 0.3) is 0 Å². The molecule has 0 atom stereocenters. The number of nitrogens with one attached hydrogen (secondary N) is 1. The van der Waals surface area contributed by atoms with E-state index >= 15 is 0 Å². The van der Waals surface area contributed by atoms with E-state index in [0.29, 0.717) is 18.2 Å². The minimum atomic E-state index is -3.24. The minimum absolute atomic E-state index is 0.129. The van der Waals surface area contributed by atoms with Crippen LogP contribution in [-0.2, 0) is 5.92 Å². The van der Waals surface area contributed by atoms with E-state index in [1.54, 1.807) is 0 Å². The maximum Gasteiger partial charge on any atom is 0.285 e. The average molecular weight is 233 g/mol. The molecule has 5 heteroatoms. The summed E-state index contributed by atoms with van der Waals surface area (Å²) in [5, 5.41) is 2.64. The molecule has 1 nitrogen and oxygen atoms in total. The zero-order chi connectivity index (χ0) is 11.8. The first-order valence-electron chi connectivity index (χ1n) is 5.05. The molecule has 16 heavy (non-hydrogen) atoms. The molecule has 1 aliphatic rings. The van der Waals surface area contributed by atoms with Gasteiger partial charge in [0.05, 0.1) is 6.54 Å². The smallest absolute Gasteiger partial charge is 0.285 e. The zero-order valence-electron chi connectivity index (χ0n) is 8.44. The molecule has 1 aliphatic carbocycles. The predicted octanol–water partition coefficient (Wildman–Crippen LogP) is 2.81. The van der Waals surface area contributed by atoms with Crippen LogP contribution in [0.5, 0.6) is 0 Å². The molecule has 0 aromatic heterocycles. The lowest BCUT2D eigenvalue weighted by molar-refractivity contribution is -0.00408. The van der Waals surface area contributed by atoms with Gasteiger partial charge in [0, 0.05) is 17.7 Å². The molecule has 0 aliphatic heterocycles. The monoisotopic (exact) mass is 233 g/mol. The van der Waals surface area contributed by atoms with Crippen LogP contribution in [-0.4, -0.2) is 12.6 Å². The molecular weight excluding hydrogens is 222 g/mol.